The number of anilines is 1. The highest BCUT2D eigenvalue weighted by Crippen LogP contribution is 2.32. The molecule has 232 valence electrons. The maximum atomic E-state index is 14.2. The average molecular weight is 612 g/mol. The van der Waals surface area contributed by atoms with E-state index in [1.807, 2.05) is 26.8 Å². The standard InChI is InChI=1S/C32H41N3O7S/c1-7-28(32(37)33-20-23(2)3)34(21-24-12-11-15-26(18-24)40-4)31(36)22-35(25-13-9-8-10-14-25)43(38,39)27-16-17-29(41-5)30(19-27)42-6/h8-19,23,28H,7,20-22H2,1-6H3,(H,33,37). The summed E-state index contributed by atoms with van der Waals surface area (Å²) in [4.78, 5) is 28.9. The Bertz CT molecular complexity index is 1480. The van der Waals surface area contributed by atoms with Crippen molar-refractivity contribution in [3.8, 4) is 17.2 Å². The smallest absolute Gasteiger partial charge is 0.264 e. The molecule has 3 aromatic rings. The number of rotatable bonds is 15. The summed E-state index contributed by atoms with van der Waals surface area (Å²) >= 11 is 0. The van der Waals surface area contributed by atoms with E-state index in [-0.39, 0.29) is 29.0 Å². The van der Waals surface area contributed by atoms with Crippen molar-refractivity contribution in [3.05, 3.63) is 78.4 Å². The minimum absolute atomic E-state index is 0.0721. The van der Waals surface area contributed by atoms with Gasteiger partial charge in [-0.15, -0.1) is 0 Å². The summed E-state index contributed by atoms with van der Waals surface area (Å²) in [5, 5.41) is 2.93. The maximum Gasteiger partial charge on any atom is 0.264 e. The molecule has 0 aliphatic heterocycles. The third-order valence-electron chi connectivity index (χ3n) is 6.82. The molecule has 1 N–H and O–H groups in total. The largest absolute Gasteiger partial charge is 0.497 e. The fraction of sp³-hybridized carbons (Fsp3) is 0.375. The second-order valence-corrected chi connectivity index (χ2v) is 12.2. The summed E-state index contributed by atoms with van der Waals surface area (Å²) in [5.74, 6) is 0.568. The van der Waals surface area contributed by atoms with Gasteiger partial charge in [-0.2, -0.15) is 0 Å². The Balaban J connectivity index is 2.07. The molecule has 0 radical (unpaired) electrons. The van der Waals surface area contributed by atoms with Gasteiger partial charge in [-0.25, -0.2) is 8.42 Å². The van der Waals surface area contributed by atoms with E-state index in [4.69, 9.17) is 14.2 Å². The molecule has 0 aliphatic carbocycles. The number of methoxy groups -OCH3 is 3. The molecule has 0 bridgehead atoms. The van der Waals surface area contributed by atoms with Gasteiger partial charge in [0, 0.05) is 19.2 Å². The van der Waals surface area contributed by atoms with Crippen molar-refractivity contribution >= 4 is 27.5 Å². The van der Waals surface area contributed by atoms with Crippen LogP contribution in [0.2, 0.25) is 0 Å². The van der Waals surface area contributed by atoms with Gasteiger partial charge in [0.2, 0.25) is 11.8 Å². The van der Waals surface area contributed by atoms with Gasteiger partial charge in [0.15, 0.2) is 11.5 Å². The van der Waals surface area contributed by atoms with Gasteiger partial charge in [-0.1, -0.05) is 51.1 Å². The van der Waals surface area contributed by atoms with Crippen molar-refractivity contribution in [2.75, 3.05) is 38.7 Å². The number of para-hydroxylation sites is 1. The molecule has 10 nitrogen and oxygen atoms in total. The molecule has 0 aromatic heterocycles. The number of hydrogen-bond acceptors (Lipinski definition) is 7. The quantitative estimate of drug-likeness (QED) is 0.269. The molecule has 11 heteroatoms. The summed E-state index contributed by atoms with van der Waals surface area (Å²) < 4.78 is 45.2. The molecule has 0 heterocycles. The molecule has 0 fully saturated rings. The van der Waals surface area contributed by atoms with Crippen LogP contribution in [0.5, 0.6) is 17.2 Å². The van der Waals surface area contributed by atoms with Gasteiger partial charge in [0.05, 0.1) is 31.9 Å². The Morgan fingerprint density at radius 1 is 0.860 bits per heavy atom. The van der Waals surface area contributed by atoms with E-state index in [9.17, 15) is 18.0 Å². The van der Waals surface area contributed by atoms with Crippen LogP contribution in [0.4, 0.5) is 5.69 Å². The van der Waals surface area contributed by atoms with Crippen LogP contribution in [-0.2, 0) is 26.2 Å². The monoisotopic (exact) mass is 611 g/mol. The van der Waals surface area contributed by atoms with Gasteiger partial charge in [0.1, 0.15) is 18.3 Å². The van der Waals surface area contributed by atoms with Crippen LogP contribution in [0.3, 0.4) is 0 Å². The van der Waals surface area contributed by atoms with Gasteiger partial charge < -0.3 is 24.4 Å². The number of hydrogen-bond donors (Lipinski definition) is 1. The Morgan fingerprint density at radius 3 is 2.16 bits per heavy atom. The number of carbonyl (C=O) groups is 2. The molecule has 3 rings (SSSR count). The second-order valence-electron chi connectivity index (χ2n) is 10.3. The van der Waals surface area contributed by atoms with Gasteiger partial charge in [-0.3, -0.25) is 13.9 Å². The number of benzene rings is 3. The summed E-state index contributed by atoms with van der Waals surface area (Å²) in [6.45, 7) is 5.76. The first-order valence-corrected chi connectivity index (χ1v) is 15.5. The highest BCUT2D eigenvalue weighted by Gasteiger charge is 2.34. The number of carbonyl (C=O) groups excluding carboxylic acids is 2. The third kappa shape index (κ3) is 8.41. The minimum atomic E-state index is -4.27. The fourth-order valence-electron chi connectivity index (χ4n) is 4.54. The van der Waals surface area contributed by atoms with Gasteiger partial charge in [-0.05, 0) is 54.3 Å². The van der Waals surface area contributed by atoms with Crippen molar-refractivity contribution < 1.29 is 32.2 Å². The first-order valence-electron chi connectivity index (χ1n) is 14.1. The average Bonchev–Trinajstić information content (AvgIpc) is 3.02. The second kappa shape index (κ2) is 15.3. The normalized spacial score (nSPS) is 11.9. The van der Waals surface area contributed by atoms with Crippen LogP contribution >= 0.6 is 0 Å². The molecular formula is C32H41N3O7S. The highest BCUT2D eigenvalue weighted by atomic mass is 32.2. The van der Waals surface area contributed by atoms with Crippen molar-refractivity contribution in [2.45, 2.75) is 44.7 Å². The zero-order valence-corrected chi connectivity index (χ0v) is 26.4. The van der Waals surface area contributed by atoms with E-state index >= 15 is 0 Å². The molecular weight excluding hydrogens is 570 g/mol. The van der Waals surface area contributed by atoms with E-state index in [0.717, 1.165) is 9.87 Å². The molecule has 0 saturated heterocycles. The van der Waals surface area contributed by atoms with Crippen molar-refractivity contribution in [3.63, 3.8) is 0 Å². The Hall–Kier alpha value is -4.25. The number of nitrogens with zero attached hydrogens (tertiary/aromatic N) is 2. The first kappa shape index (κ1) is 33.3. The number of amides is 2. The molecule has 0 saturated carbocycles. The van der Waals surface area contributed by atoms with Crippen LogP contribution in [0, 0.1) is 5.92 Å². The molecule has 43 heavy (non-hydrogen) atoms. The number of nitrogens with one attached hydrogen (secondary N) is 1. The third-order valence-corrected chi connectivity index (χ3v) is 8.59. The van der Waals surface area contributed by atoms with Crippen LogP contribution in [0.15, 0.2) is 77.7 Å². The summed E-state index contributed by atoms with van der Waals surface area (Å²) in [7, 11) is 0.153. The molecule has 0 aliphatic rings. The van der Waals surface area contributed by atoms with Crippen LogP contribution in [0.1, 0.15) is 32.8 Å². The summed E-state index contributed by atoms with van der Waals surface area (Å²) in [5.41, 5.74) is 1.03. The lowest BCUT2D eigenvalue weighted by Gasteiger charge is -2.33. The molecule has 1 atom stereocenters. The molecule has 3 aromatic carbocycles. The number of sulfonamides is 1. The van der Waals surface area contributed by atoms with E-state index in [0.29, 0.717) is 30.2 Å². The number of ether oxygens (including phenoxy) is 3. The minimum Gasteiger partial charge on any atom is -0.497 e. The Labute approximate surface area is 254 Å². The van der Waals surface area contributed by atoms with E-state index < -0.39 is 28.5 Å². The van der Waals surface area contributed by atoms with Crippen molar-refractivity contribution in [1.82, 2.24) is 10.2 Å². The first-order chi connectivity index (χ1) is 20.5. The van der Waals surface area contributed by atoms with Crippen LogP contribution < -0.4 is 23.8 Å². The predicted octanol–water partition coefficient (Wildman–Crippen LogP) is 4.49. The lowest BCUT2D eigenvalue weighted by atomic mass is 10.1. The van der Waals surface area contributed by atoms with E-state index in [1.54, 1.807) is 55.6 Å². The SMILES string of the molecule is CCC(C(=O)NCC(C)C)N(Cc1cccc(OC)c1)C(=O)CN(c1ccccc1)S(=O)(=O)c1ccc(OC)c(OC)c1. The fourth-order valence-corrected chi connectivity index (χ4v) is 5.97. The molecule has 2 amide bonds. The van der Waals surface area contributed by atoms with E-state index in [2.05, 4.69) is 5.32 Å². The maximum absolute atomic E-state index is 14.2. The predicted molar refractivity (Wildman–Crippen MR) is 166 cm³/mol. The Morgan fingerprint density at radius 2 is 1.56 bits per heavy atom. The van der Waals surface area contributed by atoms with Crippen molar-refractivity contribution in [2.24, 2.45) is 5.92 Å². The molecule has 1 unspecified atom stereocenters. The van der Waals surface area contributed by atoms with Gasteiger partial charge >= 0.3 is 0 Å². The highest BCUT2D eigenvalue weighted by molar-refractivity contribution is 7.92. The summed E-state index contributed by atoms with van der Waals surface area (Å²) in [6.07, 6.45) is 0.327. The topological polar surface area (TPSA) is 114 Å². The zero-order valence-electron chi connectivity index (χ0n) is 25.6. The Kier molecular flexibility index (Phi) is 11.8. The van der Waals surface area contributed by atoms with Crippen LogP contribution in [0.25, 0.3) is 0 Å². The van der Waals surface area contributed by atoms with Gasteiger partial charge in [0.25, 0.3) is 10.0 Å². The van der Waals surface area contributed by atoms with Crippen LogP contribution in [-0.4, -0.2) is 65.6 Å². The molecule has 0 spiro atoms. The lowest BCUT2D eigenvalue weighted by Crippen LogP contribution is -2.52. The van der Waals surface area contributed by atoms with Crippen molar-refractivity contribution in [1.29, 1.82) is 0 Å². The summed E-state index contributed by atoms with van der Waals surface area (Å²) in [6, 6.07) is 19.0. The zero-order chi connectivity index (χ0) is 31.6. The lowest BCUT2D eigenvalue weighted by molar-refractivity contribution is -0.140. The van der Waals surface area contributed by atoms with E-state index in [1.165, 1.54) is 37.3 Å².